The Labute approximate surface area is 156 Å². The molecule has 1 heterocycles. The number of amides is 1. The second-order valence-corrected chi connectivity index (χ2v) is 6.07. The van der Waals surface area contributed by atoms with Gasteiger partial charge in [-0.2, -0.15) is 18.3 Å². The molecule has 27 heavy (non-hydrogen) atoms. The summed E-state index contributed by atoms with van der Waals surface area (Å²) in [5.74, 6) is -0.733. The van der Waals surface area contributed by atoms with E-state index in [-0.39, 0.29) is 23.5 Å². The summed E-state index contributed by atoms with van der Waals surface area (Å²) in [6, 6.07) is 9.47. The van der Waals surface area contributed by atoms with Crippen LogP contribution in [0.5, 0.6) is 0 Å². The van der Waals surface area contributed by atoms with Crippen LogP contribution < -0.4 is 10.9 Å². The van der Waals surface area contributed by atoms with Crippen molar-refractivity contribution in [1.29, 1.82) is 0 Å². The van der Waals surface area contributed by atoms with Crippen molar-refractivity contribution >= 4 is 34.0 Å². The van der Waals surface area contributed by atoms with Crippen LogP contribution in [-0.2, 0) is 12.7 Å². The highest BCUT2D eigenvalue weighted by Gasteiger charge is 2.33. The van der Waals surface area contributed by atoms with E-state index in [1.54, 1.807) is 31.2 Å². The highest BCUT2D eigenvalue weighted by Crippen LogP contribution is 2.36. The van der Waals surface area contributed by atoms with Crippen molar-refractivity contribution in [1.82, 2.24) is 9.78 Å². The molecule has 0 aliphatic rings. The molecular weight excluding hydrogens is 383 g/mol. The van der Waals surface area contributed by atoms with E-state index in [4.69, 9.17) is 11.6 Å². The predicted molar refractivity (Wildman–Crippen MR) is 96.1 cm³/mol. The lowest BCUT2D eigenvalue weighted by atomic mass is 10.1. The second-order valence-electron chi connectivity index (χ2n) is 5.66. The van der Waals surface area contributed by atoms with Crippen molar-refractivity contribution in [2.45, 2.75) is 19.6 Å². The summed E-state index contributed by atoms with van der Waals surface area (Å²) in [4.78, 5) is 25.0. The Morgan fingerprint density at radius 1 is 1.19 bits per heavy atom. The van der Waals surface area contributed by atoms with Crippen LogP contribution in [0.15, 0.2) is 47.3 Å². The van der Waals surface area contributed by atoms with Gasteiger partial charge in [-0.1, -0.05) is 29.8 Å². The van der Waals surface area contributed by atoms with Crippen LogP contribution in [0.1, 0.15) is 23.0 Å². The molecule has 0 radical (unpaired) electrons. The Kier molecular flexibility index (Phi) is 4.93. The number of carbonyl (C=O) groups is 1. The molecule has 5 nitrogen and oxygen atoms in total. The van der Waals surface area contributed by atoms with E-state index in [9.17, 15) is 22.8 Å². The van der Waals surface area contributed by atoms with Gasteiger partial charge in [-0.25, -0.2) is 4.68 Å². The molecule has 1 amide bonds. The molecule has 0 saturated carbocycles. The zero-order valence-corrected chi connectivity index (χ0v) is 14.7. The molecule has 0 aliphatic heterocycles. The van der Waals surface area contributed by atoms with Gasteiger partial charge >= 0.3 is 6.18 Å². The summed E-state index contributed by atoms with van der Waals surface area (Å²) < 4.78 is 40.1. The Morgan fingerprint density at radius 2 is 1.85 bits per heavy atom. The van der Waals surface area contributed by atoms with Gasteiger partial charge in [0.05, 0.1) is 16.0 Å². The average molecular weight is 396 g/mol. The molecule has 0 bridgehead atoms. The molecule has 140 valence electrons. The van der Waals surface area contributed by atoms with E-state index in [1.165, 1.54) is 6.07 Å². The number of benzene rings is 2. The van der Waals surface area contributed by atoms with E-state index < -0.39 is 22.7 Å². The molecule has 3 rings (SSSR count). The molecule has 0 spiro atoms. The second kappa shape index (κ2) is 7.03. The van der Waals surface area contributed by atoms with Crippen molar-refractivity contribution in [2.75, 3.05) is 5.32 Å². The molecule has 1 N–H and O–H groups in total. The minimum atomic E-state index is -4.65. The Balaban J connectivity index is 2.05. The first-order valence-corrected chi connectivity index (χ1v) is 8.28. The van der Waals surface area contributed by atoms with Crippen LogP contribution >= 0.6 is 11.6 Å². The Morgan fingerprint density at radius 3 is 2.48 bits per heavy atom. The van der Waals surface area contributed by atoms with Gasteiger partial charge in [0.1, 0.15) is 0 Å². The number of hydrogen-bond donors (Lipinski definition) is 1. The maximum absolute atomic E-state index is 13.0. The molecule has 0 unspecified atom stereocenters. The predicted octanol–water partition coefficient (Wildman–Crippen LogP) is 4.34. The molecule has 1 aromatic heterocycles. The number of halogens is 4. The van der Waals surface area contributed by atoms with Crippen molar-refractivity contribution in [3.8, 4) is 0 Å². The Bertz CT molecular complexity index is 1090. The third-order valence-electron chi connectivity index (χ3n) is 3.91. The SMILES string of the molecule is CCn1nc(C(=O)Nc2ccc(Cl)c(C(F)(F)F)c2)c2ccccc2c1=O. The molecule has 2 aromatic carbocycles. The average Bonchev–Trinajstić information content (AvgIpc) is 2.63. The number of nitrogens with one attached hydrogen (secondary N) is 1. The monoisotopic (exact) mass is 395 g/mol. The third-order valence-corrected chi connectivity index (χ3v) is 4.24. The summed E-state index contributed by atoms with van der Waals surface area (Å²) >= 11 is 5.59. The van der Waals surface area contributed by atoms with Gasteiger partial charge in [0.15, 0.2) is 5.69 Å². The number of fused-ring (bicyclic) bond motifs is 1. The van der Waals surface area contributed by atoms with Crippen LogP contribution in [0.25, 0.3) is 10.8 Å². The van der Waals surface area contributed by atoms with Crippen molar-refractivity contribution in [3.63, 3.8) is 0 Å². The van der Waals surface area contributed by atoms with Gasteiger partial charge < -0.3 is 5.32 Å². The fourth-order valence-electron chi connectivity index (χ4n) is 2.63. The molecule has 0 atom stereocenters. The van der Waals surface area contributed by atoms with Gasteiger partial charge in [0.2, 0.25) is 0 Å². The lowest BCUT2D eigenvalue weighted by Crippen LogP contribution is -2.27. The summed E-state index contributed by atoms with van der Waals surface area (Å²) in [5.41, 5.74) is -1.55. The van der Waals surface area contributed by atoms with Crippen LogP contribution in [-0.4, -0.2) is 15.7 Å². The zero-order valence-electron chi connectivity index (χ0n) is 14.0. The number of carbonyl (C=O) groups excluding carboxylic acids is 1. The van der Waals surface area contributed by atoms with E-state index in [1.807, 2.05) is 0 Å². The van der Waals surface area contributed by atoms with E-state index in [0.717, 1.165) is 16.8 Å². The number of anilines is 1. The zero-order chi connectivity index (χ0) is 19.8. The van der Waals surface area contributed by atoms with Crippen molar-refractivity contribution < 1.29 is 18.0 Å². The minimum Gasteiger partial charge on any atom is -0.321 e. The van der Waals surface area contributed by atoms with Crippen LogP contribution in [0.4, 0.5) is 18.9 Å². The molecule has 0 saturated heterocycles. The van der Waals surface area contributed by atoms with Gasteiger partial charge in [0.25, 0.3) is 11.5 Å². The fraction of sp³-hybridized carbons (Fsp3) is 0.167. The first-order valence-electron chi connectivity index (χ1n) is 7.90. The molecular formula is C18H13ClF3N3O2. The minimum absolute atomic E-state index is 0.0597. The molecule has 3 aromatic rings. The standard InChI is InChI=1S/C18H13ClF3N3O2/c1-2-25-17(27)12-6-4-3-5-11(12)15(24-25)16(26)23-10-7-8-14(19)13(9-10)18(20,21)22/h3-9H,2H2,1H3,(H,23,26). The number of rotatable bonds is 3. The lowest BCUT2D eigenvalue weighted by molar-refractivity contribution is -0.137. The number of aromatic nitrogens is 2. The lowest BCUT2D eigenvalue weighted by Gasteiger charge is -2.13. The topological polar surface area (TPSA) is 64.0 Å². The normalized spacial score (nSPS) is 11.6. The number of aryl methyl sites for hydroxylation is 1. The number of alkyl halides is 3. The molecule has 0 aliphatic carbocycles. The van der Waals surface area contributed by atoms with Gasteiger partial charge in [-0.15, -0.1) is 0 Å². The molecule has 0 fully saturated rings. The third kappa shape index (κ3) is 3.66. The van der Waals surface area contributed by atoms with Crippen molar-refractivity contribution in [2.24, 2.45) is 0 Å². The smallest absolute Gasteiger partial charge is 0.321 e. The van der Waals surface area contributed by atoms with E-state index in [2.05, 4.69) is 10.4 Å². The fourth-order valence-corrected chi connectivity index (χ4v) is 2.85. The maximum atomic E-state index is 13.0. The van der Waals surface area contributed by atoms with Crippen LogP contribution in [0, 0.1) is 0 Å². The number of hydrogen-bond acceptors (Lipinski definition) is 3. The highest BCUT2D eigenvalue weighted by atomic mass is 35.5. The summed E-state index contributed by atoms with van der Waals surface area (Å²) in [6.45, 7) is 1.93. The van der Waals surface area contributed by atoms with Gasteiger partial charge in [-0.3, -0.25) is 9.59 Å². The van der Waals surface area contributed by atoms with Crippen LogP contribution in [0.2, 0.25) is 5.02 Å². The first kappa shape index (κ1) is 18.9. The first-order chi connectivity index (χ1) is 12.7. The summed E-state index contributed by atoms with van der Waals surface area (Å²) in [5, 5.41) is 6.58. The van der Waals surface area contributed by atoms with E-state index >= 15 is 0 Å². The van der Waals surface area contributed by atoms with Gasteiger partial charge in [-0.05, 0) is 31.2 Å². The summed E-state index contributed by atoms with van der Waals surface area (Å²) in [7, 11) is 0. The maximum Gasteiger partial charge on any atom is 0.417 e. The largest absolute Gasteiger partial charge is 0.417 e. The Hall–Kier alpha value is -2.87. The summed E-state index contributed by atoms with van der Waals surface area (Å²) in [6.07, 6.45) is -4.65. The number of nitrogens with zero attached hydrogens (tertiary/aromatic N) is 2. The van der Waals surface area contributed by atoms with Crippen molar-refractivity contribution in [3.05, 3.63) is 69.1 Å². The van der Waals surface area contributed by atoms with E-state index in [0.29, 0.717) is 10.8 Å². The van der Waals surface area contributed by atoms with Crippen LogP contribution in [0.3, 0.4) is 0 Å². The quantitative estimate of drug-likeness (QED) is 0.717. The highest BCUT2D eigenvalue weighted by molar-refractivity contribution is 6.31. The molecule has 9 heteroatoms. The van der Waals surface area contributed by atoms with Gasteiger partial charge in [0, 0.05) is 17.6 Å².